The number of methoxy groups -OCH3 is 1. The van der Waals surface area contributed by atoms with Crippen LogP contribution in [0.2, 0.25) is 0 Å². The van der Waals surface area contributed by atoms with Crippen LogP contribution in [0.25, 0.3) is 0 Å². The molecule has 20 heavy (non-hydrogen) atoms. The monoisotopic (exact) mass is 269 g/mol. The van der Waals surface area contributed by atoms with E-state index >= 15 is 0 Å². The lowest BCUT2D eigenvalue weighted by Crippen LogP contribution is -2.26. The quantitative estimate of drug-likeness (QED) is 0.780. The molecule has 2 aromatic carbocycles. The maximum Gasteiger partial charge on any atom is 0.182 e. The van der Waals surface area contributed by atoms with Gasteiger partial charge in [0.15, 0.2) is 5.78 Å². The van der Waals surface area contributed by atoms with Gasteiger partial charge in [0.05, 0.1) is 13.7 Å². The summed E-state index contributed by atoms with van der Waals surface area (Å²) in [6, 6.07) is 15.3. The summed E-state index contributed by atoms with van der Waals surface area (Å²) in [5.74, 6) is 0.782. The Balaban J connectivity index is 2.13. The fourth-order valence-electron chi connectivity index (χ4n) is 2.18. The number of benzene rings is 2. The lowest BCUT2D eigenvalue weighted by atomic mass is 10.1. The number of para-hydroxylation sites is 1. The number of nitrogens with zero attached hydrogens (tertiary/aromatic N) is 1. The Hall–Kier alpha value is -2.29. The minimum Gasteiger partial charge on any atom is -0.497 e. The largest absolute Gasteiger partial charge is 0.497 e. The lowest BCUT2D eigenvalue weighted by Gasteiger charge is -2.20. The Morgan fingerprint density at radius 3 is 2.60 bits per heavy atom. The van der Waals surface area contributed by atoms with E-state index in [9.17, 15) is 4.79 Å². The molecular weight excluding hydrogens is 250 g/mol. The third kappa shape index (κ3) is 3.18. The van der Waals surface area contributed by atoms with Gasteiger partial charge in [0.1, 0.15) is 5.75 Å². The van der Waals surface area contributed by atoms with E-state index in [0.717, 1.165) is 11.3 Å². The molecule has 104 valence electrons. The van der Waals surface area contributed by atoms with Crippen LogP contribution in [0.1, 0.15) is 15.9 Å². The van der Waals surface area contributed by atoms with Gasteiger partial charge < -0.3 is 9.64 Å². The van der Waals surface area contributed by atoms with Crippen LogP contribution in [-0.4, -0.2) is 26.5 Å². The average molecular weight is 269 g/mol. The molecule has 0 aliphatic carbocycles. The standard InChI is InChI=1S/C17H19NO2/c1-13-7-4-5-10-16(13)18(2)12-17(19)14-8-6-9-15(11-14)20-3/h4-11H,12H2,1-3H3. The molecule has 0 spiro atoms. The summed E-state index contributed by atoms with van der Waals surface area (Å²) in [7, 11) is 3.53. The van der Waals surface area contributed by atoms with Crippen LogP contribution >= 0.6 is 0 Å². The minimum absolute atomic E-state index is 0.0784. The topological polar surface area (TPSA) is 29.5 Å². The number of carbonyl (C=O) groups excluding carboxylic acids is 1. The number of carbonyl (C=O) groups is 1. The first-order valence-electron chi connectivity index (χ1n) is 6.56. The molecule has 0 fully saturated rings. The Bertz CT molecular complexity index is 607. The zero-order valence-corrected chi connectivity index (χ0v) is 12.1. The number of ketones is 1. The first kappa shape index (κ1) is 14.1. The van der Waals surface area contributed by atoms with Gasteiger partial charge in [0, 0.05) is 18.3 Å². The van der Waals surface area contributed by atoms with Crippen molar-refractivity contribution in [3.05, 3.63) is 59.7 Å². The van der Waals surface area contributed by atoms with E-state index in [1.54, 1.807) is 13.2 Å². The van der Waals surface area contributed by atoms with Crippen molar-refractivity contribution >= 4 is 11.5 Å². The molecule has 0 aliphatic rings. The van der Waals surface area contributed by atoms with Crippen molar-refractivity contribution in [3.8, 4) is 5.75 Å². The summed E-state index contributed by atoms with van der Waals surface area (Å²) in [4.78, 5) is 14.3. The molecule has 0 aromatic heterocycles. The van der Waals surface area contributed by atoms with Gasteiger partial charge in [-0.25, -0.2) is 0 Å². The van der Waals surface area contributed by atoms with Gasteiger partial charge in [0.2, 0.25) is 0 Å². The van der Waals surface area contributed by atoms with Gasteiger partial charge in [-0.05, 0) is 30.7 Å². The molecule has 0 atom stereocenters. The van der Waals surface area contributed by atoms with Gasteiger partial charge in [-0.1, -0.05) is 30.3 Å². The summed E-state index contributed by atoms with van der Waals surface area (Å²) >= 11 is 0. The molecule has 0 aliphatic heterocycles. The van der Waals surface area contributed by atoms with Gasteiger partial charge >= 0.3 is 0 Å². The van der Waals surface area contributed by atoms with Crippen LogP contribution in [0.5, 0.6) is 5.75 Å². The summed E-state index contributed by atoms with van der Waals surface area (Å²) < 4.78 is 5.15. The lowest BCUT2D eigenvalue weighted by molar-refractivity contribution is 0.1000. The molecular formula is C17H19NO2. The fraction of sp³-hybridized carbons (Fsp3) is 0.235. The summed E-state index contributed by atoms with van der Waals surface area (Å²) in [6.07, 6.45) is 0. The van der Waals surface area contributed by atoms with E-state index in [4.69, 9.17) is 4.74 Å². The van der Waals surface area contributed by atoms with E-state index in [1.807, 2.05) is 61.3 Å². The van der Waals surface area contributed by atoms with Gasteiger partial charge in [-0.3, -0.25) is 4.79 Å². The number of Topliss-reactive ketones (excluding diaryl/α,β-unsaturated/α-hetero) is 1. The van der Waals surface area contributed by atoms with Gasteiger partial charge in [0.25, 0.3) is 0 Å². The fourth-order valence-corrected chi connectivity index (χ4v) is 2.18. The normalized spacial score (nSPS) is 10.2. The van der Waals surface area contributed by atoms with Crippen LogP contribution in [0.3, 0.4) is 0 Å². The Kier molecular flexibility index (Phi) is 4.41. The van der Waals surface area contributed by atoms with Crippen molar-refractivity contribution in [3.63, 3.8) is 0 Å². The predicted octanol–water partition coefficient (Wildman–Crippen LogP) is 3.32. The first-order chi connectivity index (χ1) is 9.61. The maximum absolute atomic E-state index is 12.3. The molecule has 0 bridgehead atoms. The van der Waals surface area contributed by atoms with Crippen LogP contribution in [0.4, 0.5) is 5.69 Å². The van der Waals surface area contributed by atoms with Crippen LogP contribution in [-0.2, 0) is 0 Å². The number of ether oxygens (including phenoxy) is 1. The molecule has 2 aromatic rings. The SMILES string of the molecule is COc1cccc(C(=O)CN(C)c2ccccc2C)c1. The van der Waals surface area contributed by atoms with E-state index < -0.39 is 0 Å². The number of rotatable bonds is 5. The predicted molar refractivity (Wildman–Crippen MR) is 81.8 cm³/mol. The number of hydrogen-bond acceptors (Lipinski definition) is 3. The molecule has 0 saturated heterocycles. The van der Waals surface area contributed by atoms with Crippen molar-refractivity contribution < 1.29 is 9.53 Å². The number of anilines is 1. The van der Waals surface area contributed by atoms with Crippen LogP contribution < -0.4 is 9.64 Å². The van der Waals surface area contributed by atoms with Crippen LogP contribution in [0, 0.1) is 6.92 Å². The third-order valence-corrected chi connectivity index (χ3v) is 3.30. The Morgan fingerprint density at radius 2 is 1.90 bits per heavy atom. The average Bonchev–Trinajstić information content (AvgIpc) is 2.47. The van der Waals surface area contributed by atoms with Crippen molar-refractivity contribution in [2.45, 2.75) is 6.92 Å². The second-order valence-electron chi connectivity index (χ2n) is 4.80. The van der Waals surface area contributed by atoms with E-state index in [0.29, 0.717) is 17.9 Å². The molecule has 0 saturated carbocycles. The molecule has 0 unspecified atom stereocenters. The smallest absolute Gasteiger partial charge is 0.182 e. The molecule has 0 amide bonds. The molecule has 0 radical (unpaired) electrons. The summed E-state index contributed by atoms with van der Waals surface area (Å²) in [5, 5.41) is 0. The van der Waals surface area contributed by atoms with E-state index in [2.05, 4.69) is 0 Å². The second kappa shape index (κ2) is 6.24. The summed E-state index contributed by atoms with van der Waals surface area (Å²) in [6.45, 7) is 2.39. The Labute approximate surface area is 119 Å². The highest BCUT2D eigenvalue weighted by molar-refractivity contribution is 5.99. The molecule has 3 nitrogen and oxygen atoms in total. The highest BCUT2D eigenvalue weighted by Gasteiger charge is 2.11. The highest BCUT2D eigenvalue weighted by atomic mass is 16.5. The van der Waals surface area contributed by atoms with Gasteiger partial charge in [-0.2, -0.15) is 0 Å². The molecule has 2 rings (SSSR count). The van der Waals surface area contributed by atoms with Crippen molar-refractivity contribution in [1.82, 2.24) is 0 Å². The zero-order chi connectivity index (χ0) is 14.5. The molecule has 0 heterocycles. The zero-order valence-electron chi connectivity index (χ0n) is 12.1. The maximum atomic E-state index is 12.3. The third-order valence-electron chi connectivity index (χ3n) is 3.30. The first-order valence-corrected chi connectivity index (χ1v) is 6.56. The minimum atomic E-state index is 0.0784. The number of likely N-dealkylation sites (N-methyl/N-ethyl adjacent to an activating group) is 1. The molecule has 3 heteroatoms. The van der Waals surface area contributed by atoms with E-state index in [-0.39, 0.29) is 5.78 Å². The van der Waals surface area contributed by atoms with Crippen LogP contribution in [0.15, 0.2) is 48.5 Å². The number of aryl methyl sites for hydroxylation is 1. The Morgan fingerprint density at radius 1 is 1.15 bits per heavy atom. The van der Waals surface area contributed by atoms with Crippen molar-refractivity contribution in [2.24, 2.45) is 0 Å². The van der Waals surface area contributed by atoms with Crippen molar-refractivity contribution in [2.75, 3.05) is 25.6 Å². The van der Waals surface area contributed by atoms with E-state index in [1.165, 1.54) is 0 Å². The van der Waals surface area contributed by atoms with Crippen molar-refractivity contribution in [1.29, 1.82) is 0 Å². The van der Waals surface area contributed by atoms with Gasteiger partial charge in [-0.15, -0.1) is 0 Å². The summed E-state index contributed by atoms with van der Waals surface area (Å²) in [5.41, 5.74) is 2.90. The second-order valence-corrected chi connectivity index (χ2v) is 4.80. The molecule has 0 N–H and O–H groups in total. The number of hydrogen-bond donors (Lipinski definition) is 0. The highest BCUT2D eigenvalue weighted by Crippen LogP contribution is 2.19.